The fraction of sp³-hybridized carbons (Fsp3) is 0.524. The van der Waals surface area contributed by atoms with Crippen LogP contribution in [-0.4, -0.2) is 60.6 Å². The maximum absolute atomic E-state index is 13.0. The highest BCUT2D eigenvalue weighted by molar-refractivity contribution is 5.80. The largest absolute Gasteiger partial charge is 0.384 e. The Bertz CT molecular complexity index is 833. The van der Waals surface area contributed by atoms with E-state index in [9.17, 15) is 4.79 Å². The van der Waals surface area contributed by atoms with Gasteiger partial charge in [-0.3, -0.25) is 4.79 Å². The van der Waals surface area contributed by atoms with Crippen molar-refractivity contribution in [1.82, 2.24) is 14.7 Å². The molecule has 1 aromatic heterocycles. The molecule has 6 heteroatoms. The molecule has 1 aromatic carbocycles. The van der Waals surface area contributed by atoms with Crippen molar-refractivity contribution in [2.45, 2.75) is 20.3 Å². The van der Waals surface area contributed by atoms with E-state index in [-0.39, 0.29) is 11.3 Å². The number of hydrogen-bond acceptors (Lipinski definition) is 4. The summed E-state index contributed by atoms with van der Waals surface area (Å²) in [5.74, 6) is 0.536. The molecule has 2 aliphatic heterocycles. The normalized spacial score (nSPS) is 24.4. The number of aromatic nitrogens is 2. The molecule has 2 fully saturated rings. The summed E-state index contributed by atoms with van der Waals surface area (Å²) in [7, 11) is 1.72. The first kappa shape index (κ1) is 18.2. The smallest absolute Gasteiger partial charge is 0.227 e. The van der Waals surface area contributed by atoms with E-state index in [1.165, 1.54) is 0 Å². The van der Waals surface area contributed by atoms with E-state index in [4.69, 9.17) is 9.47 Å². The van der Waals surface area contributed by atoms with Crippen LogP contribution in [-0.2, 0) is 20.7 Å². The van der Waals surface area contributed by atoms with E-state index in [1.54, 1.807) is 7.11 Å². The summed E-state index contributed by atoms with van der Waals surface area (Å²) in [6.45, 7) is 7.53. The van der Waals surface area contributed by atoms with E-state index in [1.807, 2.05) is 53.8 Å². The second-order valence-corrected chi connectivity index (χ2v) is 7.86. The van der Waals surface area contributed by atoms with Crippen molar-refractivity contribution in [3.8, 4) is 5.69 Å². The molecule has 2 aliphatic rings. The third-order valence-corrected chi connectivity index (χ3v) is 6.08. The zero-order valence-electron chi connectivity index (χ0n) is 16.3. The Morgan fingerprint density at radius 2 is 2.11 bits per heavy atom. The van der Waals surface area contributed by atoms with Gasteiger partial charge in [0.1, 0.15) is 0 Å². The summed E-state index contributed by atoms with van der Waals surface area (Å²) < 4.78 is 13.0. The molecular weight excluding hydrogens is 342 g/mol. The lowest BCUT2D eigenvalue weighted by Crippen LogP contribution is -2.37. The number of aryl methyl sites for hydroxylation is 1. The van der Waals surface area contributed by atoms with E-state index in [0.717, 1.165) is 42.3 Å². The second-order valence-electron chi connectivity index (χ2n) is 7.86. The Kier molecular flexibility index (Phi) is 4.78. The van der Waals surface area contributed by atoms with Crippen LogP contribution in [0.15, 0.2) is 30.3 Å². The molecule has 0 bridgehead atoms. The molecular formula is C21H27N3O3. The molecule has 1 amide bonds. The van der Waals surface area contributed by atoms with Crippen LogP contribution in [0.2, 0.25) is 0 Å². The van der Waals surface area contributed by atoms with Gasteiger partial charge in [-0.05, 0) is 26.0 Å². The Hall–Kier alpha value is -2.18. The molecule has 2 atom stereocenters. The molecule has 144 valence electrons. The lowest BCUT2D eigenvalue weighted by atomic mass is 9.82. The predicted octanol–water partition coefficient (Wildman–Crippen LogP) is 2.15. The fourth-order valence-electron chi connectivity index (χ4n) is 4.53. The van der Waals surface area contributed by atoms with Crippen molar-refractivity contribution < 1.29 is 14.3 Å². The molecule has 0 unspecified atom stereocenters. The molecule has 0 spiro atoms. The Balaban J connectivity index is 1.52. The van der Waals surface area contributed by atoms with Gasteiger partial charge in [-0.25, -0.2) is 4.68 Å². The number of ether oxygens (including phenoxy) is 2. The number of amides is 1. The number of fused-ring (bicyclic) bond motifs is 1. The van der Waals surface area contributed by atoms with Gasteiger partial charge in [0.05, 0.1) is 37.6 Å². The highest BCUT2D eigenvalue weighted by atomic mass is 16.5. The summed E-state index contributed by atoms with van der Waals surface area (Å²) in [4.78, 5) is 15.0. The third-order valence-electron chi connectivity index (χ3n) is 6.08. The van der Waals surface area contributed by atoms with Crippen LogP contribution in [0.5, 0.6) is 0 Å². The maximum Gasteiger partial charge on any atom is 0.227 e. The average Bonchev–Trinajstić information content (AvgIpc) is 3.29. The van der Waals surface area contributed by atoms with E-state index >= 15 is 0 Å². The highest BCUT2D eigenvalue weighted by Crippen LogP contribution is 2.41. The fourth-order valence-corrected chi connectivity index (χ4v) is 4.53. The number of benzene rings is 1. The number of carbonyl (C=O) groups excluding carboxylic acids is 1. The molecule has 4 rings (SSSR count). The number of carbonyl (C=O) groups is 1. The van der Waals surface area contributed by atoms with Crippen molar-refractivity contribution >= 4 is 5.91 Å². The first-order valence-electron chi connectivity index (χ1n) is 9.49. The molecule has 0 N–H and O–H groups in total. The van der Waals surface area contributed by atoms with Crippen LogP contribution in [0, 0.1) is 25.2 Å². The lowest BCUT2D eigenvalue weighted by molar-refractivity contribution is -0.130. The van der Waals surface area contributed by atoms with E-state index in [2.05, 4.69) is 5.10 Å². The molecule has 2 saturated heterocycles. The molecule has 27 heavy (non-hydrogen) atoms. The van der Waals surface area contributed by atoms with Gasteiger partial charge in [-0.15, -0.1) is 0 Å². The van der Waals surface area contributed by atoms with Gasteiger partial charge < -0.3 is 14.4 Å². The monoisotopic (exact) mass is 369 g/mol. The summed E-state index contributed by atoms with van der Waals surface area (Å²) in [6, 6.07) is 10.0. The van der Waals surface area contributed by atoms with Crippen LogP contribution in [0.1, 0.15) is 17.0 Å². The van der Waals surface area contributed by atoms with Gasteiger partial charge in [-0.1, -0.05) is 18.2 Å². The minimum absolute atomic E-state index is 0.0390. The number of likely N-dealkylation sites (tertiary alicyclic amines) is 1. The molecule has 0 saturated carbocycles. The van der Waals surface area contributed by atoms with Crippen LogP contribution in [0.4, 0.5) is 0 Å². The van der Waals surface area contributed by atoms with Crippen molar-refractivity contribution in [2.24, 2.45) is 11.3 Å². The van der Waals surface area contributed by atoms with E-state index in [0.29, 0.717) is 25.6 Å². The third kappa shape index (κ3) is 3.17. The zero-order valence-corrected chi connectivity index (χ0v) is 16.3. The first-order valence-corrected chi connectivity index (χ1v) is 9.49. The number of methoxy groups -OCH3 is 1. The van der Waals surface area contributed by atoms with Gasteiger partial charge in [0.25, 0.3) is 0 Å². The molecule has 2 aromatic rings. The summed E-state index contributed by atoms with van der Waals surface area (Å²) >= 11 is 0. The van der Waals surface area contributed by atoms with Gasteiger partial charge in [0.2, 0.25) is 5.91 Å². The Morgan fingerprint density at radius 1 is 1.33 bits per heavy atom. The molecule has 0 radical (unpaired) electrons. The van der Waals surface area contributed by atoms with Crippen LogP contribution in [0.3, 0.4) is 0 Å². The summed E-state index contributed by atoms with van der Waals surface area (Å²) in [5.41, 5.74) is 3.95. The van der Waals surface area contributed by atoms with Crippen LogP contribution in [0.25, 0.3) is 5.69 Å². The first-order chi connectivity index (χ1) is 13.0. The summed E-state index contributed by atoms with van der Waals surface area (Å²) in [6.07, 6.45) is 0.390. The average molecular weight is 369 g/mol. The number of nitrogens with zero attached hydrogens (tertiary/aromatic N) is 3. The Morgan fingerprint density at radius 3 is 2.85 bits per heavy atom. The minimum Gasteiger partial charge on any atom is -0.384 e. The van der Waals surface area contributed by atoms with Crippen molar-refractivity contribution in [2.75, 3.05) is 40.0 Å². The van der Waals surface area contributed by atoms with Crippen molar-refractivity contribution in [3.63, 3.8) is 0 Å². The maximum atomic E-state index is 13.0. The van der Waals surface area contributed by atoms with Gasteiger partial charge >= 0.3 is 0 Å². The molecule has 0 aliphatic carbocycles. The van der Waals surface area contributed by atoms with E-state index < -0.39 is 0 Å². The van der Waals surface area contributed by atoms with Gasteiger partial charge in [0, 0.05) is 42.8 Å². The SMILES string of the molecule is COC[C@@]12COC[C@@H]1CN(C(=O)Cc1c(C)nn(-c3ccccc3)c1C)C2. The minimum atomic E-state index is -0.0390. The predicted molar refractivity (Wildman–Crippen MR) is 102 cm³/mol. The number of para-hydroxylation sites is 1. The highest BCUT2D eigenvalue weighted by Gasteiger charge is 2.51. The standard InChI is InChI=1S/C21H27N3O3/c1-15-19(16(2)24(22-15)18-7-5-4-6-8-18)9-20(25)23-10-17-11-27-14-21(17,12-23)13-26-3/h4-8,17H,9-14H2,1-3H3/t17-,21-/m0/s1. The summed E-state index contributed by atoms with van der Waals surface area (Å²) in [5, 5.41) is 4.67. The van der Waals surface area contributed by atoms with Gasteiger partial charge in [0.15, 0.2) is 0 Å². The van der Waals surface area contributed by atoms with Crippen LogP contribution >= 0.6 is 0 Å². The Labute approximate surface area is 160 Å². The van der Waals surface area contributed by atoms with Gasteiger partial charge in [-0.2, -0.15) is 5.10 Å². The number of rotatable bonds is 5. The van der Waals surface area contributed by atoms with Crippen molar-refractivity contribution in [3.05, 3.63) is 47.3 Å². The second kappa shape index (κ2) is 7.09. The van der Waals surface area contributed by atoms with Crippen molar-refractivity contribution in [1.29, 1.82) is 0 Å². The number of hydrogen-bond donors (Lipinski definition) is 0. The van der Waals surface area contributed by atoms with Crippen LogP contribution < -0.4 is 0 Å². The zero-order chi connectivity index (χ0) is 19.0. The quantitative estimate of drug-likeness (QED) is 0.810. The lowest BCUT2D eigenvalue weighted by Gasteiger charge is -2.26. The topological polar surface area (TPSA) is 56.6 Å². The molecule has 3 heterocycles. The molecule has 6 nitrogen and oxygen atoms in total.